The average Bonchev–Trinajstić information content (AvgIpc) is 3.80. The summed E-state index contributed by atoms with van der Waals surface area (Å²) in [6.45, 7) is 0. The number of fused-ring (bicyclic) bond motifs is 6. The summed E-state index contributed by atoms with van der Waals surface area (Å²) in [5.41, 5.74) is 11.5. The lowest BCUT2D eigenvalue weighted by Crippen LogP contribution is -1.92. The maximum Gasteiger partial charge on any atom is 0.307 e. The summed E-state index contributed by atoms with van der Waals surface area (Å²) < 4.78 is 16.6. The van der Waals surface area contributed by atoms with Gasteiger partial charge >= 0.3 is 11.7 Å². The standard InChI is InChI=1S/C36H22N4O2/c1-3-11-23(12-4-1)31-33(39-27-15-7-9-17-29(27)41-35(39)37-31)25-19-21-26(22-20-25)34-32(24-13-5-2-6-14-24)38-36-40(34)28-16-8-10-18-30(28)42-36/h1-22H. The molecule has 0 atom stereocenters. The summed E-state index contributed by atoms with van der Waals surface area (Å²) in [5.74, 6) is 1.14. The van der Waals surface area contributed by atoms with Crippen LogP contribution in [0.5, 0.6) is 0 Å². The van der Waals surface area contributed by atoms with Gasteiger partial charge in [-0.2, -0.15) is 9.97 Å². The first kappa shape index (κ1) is 22.9. The van der Waals surface area contributed by atoms with Crippen molar-refractivity contribution in [3.05, 3.63) is 133 Å². The molecule has 0 spiro atoms. The third-order valence-corrected chi connectivity index (χ3v) is 7.83. The molecular formula is C36H22N4O2. The Labute approximate surface area is 239 Å². The van der Waals surface area contributed by atoms with Crippen molar-refractivity contribution >= 4 is 33.9 Å². The number of hydrogen-bond acceptors (Lipinski definition) is 4. The number of nitrogens with zero attached hydrogens (tertiary/aromatic N) is 4. The predicted octanol–water partition coefficient (Wildman–Crippen LogP) is 9.14. The van der Waals surface area contributed by atoms with E-state index in [0.29, 0.717) is 11.7 Å². The molecule has 6 nitrogen and oxygen atoms in total. The molecule has 0 saturated heterocycles. The molecule has 42 heavy (non-hydrogen) atoms. The smallest absolute Gasteiger partial charge is 0.307 e. The highest BCUT2D eigenvalue weighted by Crippen LogP contribution is 2.39. The molecule has 0 amide bonds. The highest BCUT2D eigenvalue weighted by atomic mass is 16.4. The molecule has 0 fully saturated rings. The molecular weight excluding hydrogens is 520 g/mol. The molecule has 6 heteroatoms. The predicted molar refractivity (Wildman–Crippen MR) is 165 cm³/mol. The molecule has 4 aromatic heterocycles. The van der Waals surface area contributed by atoms with Gasteiger partial charge in [0.25, 0.3) is 0 Å². The van der Waals surface area contributed by atoms with Crippen LogP contribution in [0.4, 0.5) is 0 Å². The summed E-state index contributed by atoms with van der Waals surface area (Å²) in [4.78, 5) is 9.92. The Bertz CT molecular complexity index is 2220. The zero-order valence-corrected chi connectivity index (χ0v) is 22.3. The van der Waals surface area contributed by atoms with Crippen molar-refractivity contribution in [2.45, 2.75) is 0 Å². The highest BCUT2D eigenvalue weighted by Gasteiger charge is 2.23. The fourth-order valence-electron chi connectivity index (χ4n) is 5.95. The average molecular weight is 543 g/mol. The zero-order chi connectivity index (χ0) is 27.6. The SMILES string of the molecule is c1ccc(-c2nc3oc4ccccc4n3c2-c2ccc(-c3c(-c4ccccc4)nc4oc5ccccc5n34)cc2)cc1. The Morgan fingerprint density at radius 2 is 0.762 bits per heavy atom. The number of hydrogen-bond donors (Lipinski definition) is 0. The van der Waals surface area contributed by atoms with Crippen LogP contribution in [-0.4, -0.2) is 18.8 Å². The van der Waals surface area contributed by atoms with E-state index < -0.39 is 0 Å². The van der Waals surface area contributed by atoms with Crippen LogP contribution >= 0.6 is 0 Å². The van der Waals surface area contributed by atoms with Crippen molar-refractivity contribution < 1.29 is 8.83 Å². The van der Waals surface area contributed by atoms with Crippen molar-refractivity contribution in [3.8, 4) is 45.0 Å². The molecule has 0 aliphatic rings. The van der Waals surface area contributed by atoms with Gasteiger partial charge in [0.2, 0.25) is 0 Å². The van der Waals surface area contributed by atoms with E-state index in [1.807, 2.05) is 72.8 Å². The Balaban J connectivity index is 1.28. The van der Waals surface area contributed by atoms with Gasteiger partial charge in [0, 0.05) is 22.3 Å². The Morgan fingerprint density at radius 3 is 1.19 bits per heavy atom. The third kappa shape index (κ3) is 3.32. The fourth-order valence-corrected chi connectivity index (χ4v) is 5.95. The minimum atomic E-state index is 0.572. The first-order chi connectivity index (χ1) is 20.8. The van der Waals surface area contributed by atoms with Gasteiger partial charge in [-0.15, -0.1) is 0 Å². The van der Waals surface area contributed by atoms with Crippen LogP contribution in [0.1, 0.15) is 0 Å². The minimum Gasteiger partial charge on any atom is -0.423 e. The summed E-state index contributed by atoms with van der Waals surface area (Å²) >= 11 is 0. The van der Waals surface area contributed by atoms with Crippen LogP contribution in [0.25, 0.3) is 78.9 Å². The maximum absolute atomic E-state index is 6.17. The van der Waals surface area contributed by atoms with Gasteiger partial charge in [-0.3, -0.25) is 8.80 Å². The number of para-hydroxylation sites is 4. The van der Waals surface area contributed by atoms with Crippen LogP contribution in [0.3, 0.4) is 0 Å². The Kier molecular flexibility index (Phi) is 4.80. The second kappa shape index (κ2) is 8.81. The molecule has 4 heterocycles. The van der Waals surface area contributed by atoms with E-state index in [2.05, 4.69) is 69.5 Å². The van der Waals surface area contributed by atoms with Gasteiger partial charge in [-0.25, -0.2) is 0 Å². The van der Waals surface area contributed by atoms with Crippen LogP contribution in [0.2, 0.25) is 0 Å². The van der Waals surface area contributed by atoms with E-state index in [1.54, 1.807) is 0 Å². The zero-order valence-electron chi connectivity index (χ0n) is 22.3. The molecule has 0 radical (unpaired) electrons. The van der Waals surface area contributed by atoms with Crippen molar-refractivity contribution in [1.29, 1.82) is 0 Å². The fraction of sp³-hybridized carbons (Fsp3) is 0. The molecule has 9 rings (SSSR count). The van der Waals surface area contributed by atoms with Crippen LogP contribution < -0.4 is 0 Å². The number of aromatic nitrogens is 4. The second-order valence-corrected chi connectivity index (χ2v) is 10.3. The van der Waals surface area contributed by atoms with Crippen LogP contribution in [0.15, 0.2) is 142 Å². The highest BCUT2D eigenvalue weighted by molar-refractivity contribution is 5.90. The van der Waals surface area contributed by atoms with E-state index >= 15 is 0 Å². The Hall–Kier alpha value is -5.88. The monoisotopic (exact) mass is 542 g/mol. The normalized spacial score (nSPS) is 11.8. The number of rotatable bonds is 4. The second-order valence-electron chi connectivity index (χ2n) is 10.3. The molecule has 0 bridgehead atoms. The van der Waals surface area contributed by atoms with E-state index in [0.717, 1.165) is 67.2 Å². The van der Waals surface area contributed by atoms with Gasteiger partial charge in [-0.05, 0) is 24.3 Å². The topological polar surface area (TPSA) is 60.9 Å². The number of oxazole rings is 2. The summed E-state index contributed by atoms with van der Waals surface area (Å²) in [5, 5.41) is 0. The van der Waals surface area contributed by atoms with E-state index in [9.17, 15) is 0 Å². The van der Waals surface area contributed by atoms with Crippen molar-refractivity contribution in [2.75, 3.05) is 0 Å². The van der Waals surface area contributed by atoms with Gasteiger partial charge in [0.15, 0.2) is 11.2 Å². The van der Waals surface area contributed by atoms with Gasteiger partial charge in [0.05, 0.1) is 22.4 Å². The molecule has 9 aromatic rings. The van der Waals surface area contributed by atoms with E-state index in [4.69, 9.17) is 18.8 Å². The first-order valence-corrected chi connectivity index (χ1v) is 13.8. The van der Waals surface area contributed by atoms with Gasteiger partial charge < -0.3 is 8.83 Å². The lowest BCUT2D eigenvalue weighted by atomic mass is 10.0. The van der Waals surface area contributed by atoms with Crippen molar-refractivity contribution in [3.63, 3.8) is 0 Å². The summed E-state index contributed by atoms with van der Waals surface area (Å²) in [6.07, 6.45) is 0. The van der Waals surface area contributed by atoms with Gasteiger partial charge in [-0.1, -0.05) is 109 Å². The van der Waals surface area contributed by atoms with E-state index in [-0.39, 0.29) is 0 Å². The number of imidazole rings is 2. The lowest BCUT2D eigenvalue weighted by molar-refractivity contribution is 0.641. The molecule has 0 N–H and O–H groups in total. The summed E-state index contributed by atoms with van der Waals surface area (Å²) in [6, 6.07) is 45.2. The molecule has 5 aromatic carbocycles. The number of benzene rings is 5. The van der Waals surface area contributed by atoms with Crippen molar-refractivity contribution in [2.24, 2.45) is 0 Å². The quantitative estimate of drug-likeness (QED) is 0.222. The van der Waals surface area contributed by atoms with Crippen LogP contribution in [-0.2, 0) is 0 Å². The Morgan fingerprint density at radius 1 is 0.381 bits per heavy atom. The van der Waals surface area contributed by atoms with Gasteiger partial charge in [0.1, 0.15) is 11.4 Å². The van der Waals surface area contributed by atoms with Crippen LogP contribution in [0, 0.1) is 0 Å². The largest absolute Gasteiger partial charge is 0.423 e. The lowest BCUT2D eigenvalue weighted by Gasteiger charge is -2.09. The van der Waals surface area contributed by atoms with Crippen molar-refractivity contribution in [1.82, 2.24) is 18.8 Å². The molecule has 0 saturated carbocycles. The minimum absolute atomic E-state index is 0.572. The molecule has 0 aliphatic heterocycles. The van der Waals surface area contributed by atoms with E-state index in [1.165, 1.54) is 0 Å². The molecule has 198 valence electrons. The maximum atomic E-state index is 6.17. The molecule has 0 aliphatic carbocycles. The molecule has 0 unspecified atom stereocenters. The first-order valence-electron chi connectivity index (χ1n) is 13.8. The summed E-state index contributed by atoms with van der Waals surface area (Å²) in [7, 11) is 0. The third-order valence-electron chi connectivity index (χ3n) is 7.83.